The molecule has 4 rings (SSSR count). The Kier molecular flexibility index (Phi) is 4.34. The summed E-state index contributed by atoms with van der Waals surface area (Å²) < 4.78 is 0. The molecule has 0 radical (unpaired) electrons. The van der Waals surface area contributed by atoms with Crippen LogP contribution in [0.1, 0.15) is 13.3 Å². The highest BCUT2D eigenvalue weighted by Crippen LogP contribution is 2.33. The Hall–Kier alpha value is -2.16. The van der Waals surface area contributed by atoms with Crippen molar-refractivity contribution < 1.29 is 0 Å². The monoisotopic (exact) mass is 392 g/mol. The Labute approximate surface area is 160 Å². The summed E-state index contributed by atoms with van der Waals surface area (Å²) in [7, 11) is 0. The Morgan fingerprint density at radius 3 is 3.00 bits per heavy atom. The SMILES string of the molecule is CC1(CN)CCN(c2cnc3c(Nc4ccnc(Cl)c4Cl)n[nH]c3n2)C1. The van der Waals surface area contributed by atoms with Crippen molar-refractivity contribution in [2.75, 3.05) is 29.9 Å². The van der Waals surface area contributed by atoms with Gasteiger partial charge in [-0.3, -0.25) is 5.10 Å². The summed E-state index contributed by atoms with van der Waals surface area (Å²) in [6.07, 6.45) is 4.36. The zero-order valence-corrected chi connectivity index (χ0v) is 15.6. The summed E-state index contributed by atoms with van der Waals surface area (Å²) >= 11 is 12.1. The third-order valence-corrected chi connectivity index (χ3v) is 5.50. The average Bonchev–Trinajstić information content (AvgIpc) is 3.23. The van der Waals surface area contributed by atoms with E-state index < -0.39 is 0 Å². The van der Waals surface area contributed by atoms with E-state index in [-0.39, 0.29) is 10.6 Å². The highest BCUT2D eigenvalue weighted by molar-refractivity contribution is 6.43. The van der Waals surface area contributed by atoms with E-state index in [9.17, 15) is 0 Å². The molecule has 1 aliphatic rings. The number of pyridine rings is 1. The van der Waals surface area contributed by atoms with Gasteiger partial charge in [-0.25, -0.2) is 15.0 Å². The number of aromatic amines is 1. The van der Waals surface area contributed by atoms with Gasteiger partial charge in [-0.1, -0.05) is 30.1 Å². The highest BCUT2D eigenvalue weighted by Gasteiger charge is 2.33. The Morgan fingerprint density at radius 2 is 2.23 bits per heavy atom. The molecule has 136 valence electrons. The molecule has 0 aromatic carbocycles. The van der Waals surface area contributed by atoms with Gasteiger partial charge in [-0.05, 0) is 24.4 Å². The Morgan fingerprint density at radius 1 is 1.38 bits per heavy atom. The van der Waals surface area contributed by atoms with E-state index in [1.165, 1.54) is 0 Å². The van der Waals surface area contributed by atoms with Gasteiger partial charge in [-0.15, -0.1) is 0 Å². The van der Waals surface area contributed by atoms with E-state index in [2.05, 4.69) is 42.3 Å². The van der Waals surface area contributed by atoms with Crippen LogP contribution in [0.4, 0.5) is 17.3 Å². The first-order valence-corrected chi connectivity index (χ1v) is 8.98. The van der Waals surface area contributed by atoms with Crippen molar-refractivity contribution in [3.63, 3.8) is 0 Å². The van der Waals surface area contributed by atoms with Crippen LogP contribution < -0.4 is 16.0 Å². The fraction of sp³-hybridized carbons (Fsp3) is 0.375. The number of hydrogen-bond donors (Lipinski definition) is 3. The predicted molar refractivity (Wildman–Crippen MR) is 103 cm³/mol. The molecule has 0 spiro atoms. The molecule has 0 saturated carbocycles. The van der Waals surface area contributed by atoms with Gasteiger partial charge in [0.1, 0.15) is 16.0 Å². The molecule has 1 fully saturated rings. The molecule has 0 bridgehead atoms. The standard InChI is InChI=1S/C16H18Cl2N8/c1-16(7-19)3-5-26(8-16)10-6-21-12-14(24-25-15(12)23-10)22-9-2-4-20-13(18)11(9)17/h2,4,6H,3,5,7-8,19H2,1H3,(H2,20,22,23,24,25). The number of aromatic nitrogens is 5. The quantitative estimate of drug-likeness (QED) is 0.585. The summed E-state index contributed by atoms with van der Waals surface area (Å²) in [5.74, 6) is 1.34. The number of hydrogen-bond acceptors (Lipinski definition) is 7. The van der Waals surface area contributed by atoms with Crippen LogP contribution in [0.3, 0.4) is 0 Å². The summed E-state index contributed by atoms with van der Waals surface area (Å²) in [5, 5.41) is 10.8. The van der Waals surface area contributed by atoms with Crippen LogP contribution in [0.5, 0.6) is 0 Å². The summed E-state index contributed by atoms with van der Waals surface area (Å²) in [6, 6.07) is 1.72. The molecule has 8 nitrogen and oxygen atoms in total. The molecule has 3 aromatic rings. The lowest BCUT2D eigenvalue weighted by Crippen LogP contribution is -2.31. The third-order valence-electron chi connectivity index (χ3n) is 4.73. The lowest BCUT2D eigenvalue weighted by Gasteiger charge is -2.22. The minimum absolute atomic E-state index is 0.120. The van der Waals surface area contributed by atoms with E-state index >= 15 is 0 Å². The van der Waals surface area contributed by atoms with Crippen molar-refractivity contribution in [3.8, 4) is 0 Å². The van der Waals surface area contributed by atoms with Crippen LogP contribution in [0, 0.1) is 5.41 Å². The van der Waals surface area contributed by atoms with E-state index in [1.54, 1.807) is 18.5 Å². The molecule has 1 atom stereocenters. The topological polar surface area (TPSA) is 109 Å². The van der Waals surface area contributed by atoms with Crippen molar-refractivity contribution in [2.45, 2.75) is 13.3 Å². The molecule has 26 heavy (non-hydrogen) atoms. The molecule has 4 N–H and O–H groups in total. The first-order chi connectivity index (χ1) is 12.5. The van der Waals surface area contributed by atoms with Crippen molar-refractivity contribution in [1.29, 1.82) is 0 Å². The number of fused-ring (bicyclic) bond motifs is 1. The predicted octanol–water partition coefficient (Wildman–Crippen LogP) is 2.97. The maximum absolute atomic E-state index is 6.17. The number of nitrogens with zero attached hydrogens (tertiary/aromatic N) is 5. The first-order valence-electron chi connectivity index (χ1n) is 8.22. The number of nitrogens with two attached hydrogens (primary N) is 1. The minimum atomic E-state index is 0.120. The van der Waals surface area contributed by atoms with Gasteiger partial charge < -0.3 is 16.0 Å². The van der Waals surface area contributed by atoms with Crippen LogP contribution in [-0.2, 0) is 0 Å². The zero-order valence-electron chi connectivity index (χ0n) is 14.1. The molecule has 1 aliphatic heterocycles. The number of halogens is 2. The number of anilines is 3. The van der Waals surface area contributed by atoms with Gasteiger partial charge in [-0.2, -0.15) is 5.10 Å². The molecule has 10 heteroatoms. The number of H-pyrrole nitrogens is 1. The smallest absolute Gasteiger partial charge is 0.180 e. The summed E-state index contributed by atoms with van der Waals surface area (Å²) in [4.78, 5) is 15.3. The molecule has 0 aliphatic carbocycles. The largest absolute Gasteiger partial charge is 0.355 e. The van der Waals surface area contributed by atoms with E-state index in [0.29, 0.717) is 34.2 Å². The van der Waals surface area contributed by atoms with Crippen LogP contribution in [0.2, 0.25) is 10.2 Å². The third kappa shape index (κ3) is 3.04. The van der Waals surface area contributed by atoms with E-state index in [4.69, 9.17) is 28.9 Å². The molecule has 0 amide bonds. The van der Waals surface area contributed by atoms with Crippen LogP contribution >= 0.6 is 23.2 Å². The zero-order chi connectivity index (χ0) is 18.3. The Balaban J connectivity index is 1.61. The number of nitrogens with one attached hydrogen (secondary N) is 2. The van der Waals surface area contributed by atoms with Gasteiger partial charge in [0.15, 0.2) is 17.0 Å². The fourth-order valence-corrected chi connectivity index (χ4v) is 3.38. The second-order valence-corrected chi connectivity index (χ2v) is 7.51. The maximum Gasteiger partial charge on any atom is 0.180 e. The van der Waals surface area contributed by atoms with Crippen LogP contribution in [0.15, 0.2) is 18.5 Å². The van der Waals surface area contributed by atoms with E-state index in [0.717, 1.165) is 25.3 Å². The molecule has 1 unspecified atom stereocenters. The summed E-state index contributed by atoms with van der Waals surface area (Å²) in [6.45, 7) is 4.64. The van der Waals surface area contributed by atoms with Gasteiger partial charge in [0.25, 0.3) is 0 Å². The van der Waals surface area contributed by atoms with Gasteiger partial charge in [0, 0.05) is 19.3 Å². The lowest BCUT2D eigenvalue weighted by atomic mass is 9.90. The normalized spacial score (nSPS) is 20.1. The van der Waals surface area contributed by atoms with Gasteiger partial charge in [0.2, 0.25) is 0 Å². The molecule has 1 saturated heterocycles. The van der Waals surface area contributed by atoms with Crippen LogP contribution in [-0.4, -0.2) is 44.8 Å². The van der Waals surface area contributed by atoms with Gasteiger partial charge >= 0.3 is 0 Å². The van der Waals surface area contributed by atoms with Crippen molar-refractivity contribution in [1.82, 2.24) is 25.1 Å². The minimum Gasteiger partial charge on any atom is -0.355 e. The van der Waals surface area contributed by atoms with Crippen molar-refractivity contribution in [2.24, 2.45) is 11.1 Å². The molecule has 4 heterocycles. The molecule has 3 aromatic heterocycles. The maximum atomic E-state index is 6.17. The van der Waals surface area contributed by atoms with E-state index in [1.807, 2.05) is 0 Å². The van der Waals surface area contributed by atoms with Crippen molar-refractivity contribution in [3.05, 3.63) is 28.6 Å². The van der Waals surface area contributed by atoms with Crippen molar-refractivity contribution >= 4 is 51.7 Å². The van der Waals surface area contributed by atoms with Gasteiger partial charge in [0.05, 0.1) is 11.9 Å². The lowest BCUT2D eigenvalue weighted by molar-refractivity contribution is 0.383. The average molecular weight is 393 g/mol. The Bertz CT molecular complexity index is 959. The van der Waals surface area contributed by atoms with Crippen LogP contribution in [0.25, 0.3) is 11.2 Å². The fourth-order valence-electron chi connectivity index (χ4n) is 3.06. The number of rotatable bonds is 4. The second-order valence-electron chi connectivity index (χ2n) is 6.77. The summed E-state index contributed by atoms with van der Waals surface area (Å²) in [5.41, 5.74) is 7.83. The highest BCUT2D eigenvalue weighted by atomic mass is 35.5. The second kappa shape index (κ2) is 6.53. The molecular formula is C16H18Cl2N8. The first kappa shape index (κ1) is 17.3. The molecular weight excluding hydrogens is 375 g/mol.